The van der Waals surface area contributed by atoms with Gasteiger partial charge in [0, 0.05) is 26.2 Å². The van der Waals surface area contributed by atoms with E-state index < -0.39 is 0 Å². The Morgan fingerprint density at radius 1 is 1.33 bits per heavy atom. The molecule has 0 radical (unpaired) electrons. The molecular weight excluding hydrogens is 352 g/mol. The first kappa shape index (κ1) is 17.2. The van der Waals surface area contributed by atoms with Crippen molar-refractivity contribution >= 4 is 11.8 Å². The number of aromatic amines is 1. The molecule has 2 N–H and O–H groups in total. The van der Waals surface area contributed by atoms with Crippen LogP contribution in [0, 0.1) is 5.92 Å². The van der Waals surface area contributed by atoms with E-state index in [0.717, 1.165) is 0 Å². The van der Waals surface area contributed by atoms with Crippen LogP contribution in [0.4, 0.5) is 0 Å². The van der Waals surface area contributed by atoms with E-state index in [2.05, 4.69) is 15.5 Å². The molecule has 0 bridgehead atoms. The molecule has 2 amide bonds. The molecule has 27 heavy (non-hydrogen) atoms. The molecule has 3 heterocycles. The van der Waals surface area contributed by atoms with Crippen LogP contribution in [0.5, 0.6) is 17.2 Å². The van der Waals surface area contributed by atoms with E-state index >= 15 is 0 Å². The Labute approximate surface area is 155 Å². The number of amides is 2. The highest BCUT2D eigenvalue weighted by Gasteiger charge is 2.31. The molecule has 142 valence electrons. The average Bonchev–Trinajstić information content (AvgIpc) is 3.45. The summed E-state index contributed by atoms with van der Waals surface area (Å²) in [5.41, 5.74) is 0.995. The van der Waals surface area contributed by atoms with Gasteiger partial charge in [0.1, 0.15) is 12.4 Å². The van der Waals surface area contributed by atoms with Gasteiger partial charge in [-0.15, -0.1) is 0 Å². The molecule has 0 unspecified atom stereocenters. The molecule has 1 fully saturated rings. The molecule has 2 aliphatic rings. The van der Waals surface area contributed by atoms with Gasteiger partial charge in [0.25, 0.3) is 5.91 Å². The Hall–Kier alpha value is -3.23. The van der Waals surface area contributed by atoms with Crippen LogP contribution >= 0.6 is 0 Å². The molecule has 1 saturated heterocycles. The van der Waals surface area contributed by atoms with Crippen LogP contribution in [-0.4, -0.2) is 53.8 Å². The van der Waals surface area contributed by atoms with E-state index in [0.29, 0.717) is 48.1 Å². The zero-order valence-corrected chi connectivity index (χ0v) is 14.9. The Morgan fingerprint density at radius 3 is 3.04 bits per heavy atom. The van der Waals surface area contributed by atoms with Crippen LogP contribution in [0.15, 0.2) is 24.3 Å². The first-order valence-electron chi connectivity index (χ1n) is 8.71. The number of likely N-dealkylation sites (tertiary alicyclic amines) is 1. The maximum Gasteiger partial charge on any atom is 0.274 e. The third-order valence-corrected chi connectivity index (χ3v) is 4.68. The summed E-state index contributed by atoms with van der Waals surface area (Å²) >= 11 is 0. The fourth-order valence-corrected chi connectivity index (χ4v) is 3.20. The van der Waals surface area contributed by atoms with Gasteiger partial charge in [-0.2, -0.15) is 5.10 Å². The molecule has 1 atom stereocenters. The van der Waals surface area contributed by atoms with E-state index in [1.54, 1.807) is 36.2 Å². The summed E-state index contributed by atoms with van der Waals surface area (Å²) < 4.78 is 16.3. The average molecular weight is 372 g/mol. The fourth-order valence-electron chi connectivity index (χ4n) is 3.20. The highest BCUT2D eigenvalue weighted by Crippen LogP contribution is 2.35. The van der Waals surface area contributed by atoms with Gasteiger partial charge < -0.3 is 24.4 Å². The number of ether oxygens (including phenoxy) is 3. The summed E-state index contributed by atoms with van der Waals surface area (Å²) in [6.07, 6.45) is 0.663. The summed E-state index contributed by atoms with van der Waals surface area (Å²) in [5.74, 6) is 1.59. The second-order valence-electron chi connectivity index (χ2n) is 6.43. The maximum atomic E-state index is 12.6. The summed E-state index contributed by atoms with van der Waals surface area (Å²) in [6.45, 7) is 1.41. The highest BCUT2D eigenvalue weighted by molar-refractivity contribution is 5.93. The Bertz CT molecular complexity index is 865. The SMILES string of the molecule is CNC(=O)[C@H]1CCN(C(=O)c2cc(COc3ccc4c(c3)OCO4)[nH]n2)C1. The Morgan fingerprint density at radius 2 is 2.19 bits per heavy atom. The first-order chi connectivity index (χ1) is 13.1. The van der Waals surface area contributed by atoms with E-state index in [9.17, 15) is 9.59 Å². The zero-order chi connectivity index (χ0) is 18.8. The smallest absolute Gasteiger partial charge is 0.274 e. The van der Waals surface area contributed by atoms with Gasteiger partial charge in [-0.05, 0) is 24.6 Å². The monoisotopic (exact) mass is 372 g/mol. The third-order valence-electron chi connectivity index (χ3n) is 4.68. The van der Waals surface area contributed by atoms with Crippen LogP contribution in [0.1, 0.15) is 22.6 Å². The standard InChI is InChI=1S/C18H20N4O5/c1-19-17(23)11-4-5-22(8-11)18(24)14-6-12(20-21-14)9-25-13-2-3-15-16(7-13)27-10-26-15/h2-3,6-7,11H,4-5,8-10H2,1H3,(H,19,23)(H,20,21)/t11-/m0/s1. The molecule has 9 nitrogen and oxygen atoms in total. The van der Waals surface area contributed by atoms with Crippen molar-refractivity contribution in [1.82, 2.24) is 20.4 Å². The number of nitrogens with zero attached hydrogens (tertiary/aromatic N) is 2. The van der Waals surface area contributed by atoms with Crippen molar-refractivity contribution in [3.63, 3.8) is 0 Å². The van der Waals surface area contributed by atoms with E-state index in [-0.39, 0.29) is 31.1 Å². The van der Waals surface area contributed by atoms with E-state index in [1.807, 2.05) is 0 Å². The molecule has 1 aromatic carbocycles. The molecule has 0 saturated carbocycles. The van der Waals surface area contributed by atoms with Crippen LogP contribution in [0.3, 0.4) is 0 Å². The largest absolute Gasteiger partial charge is 0.487 e. The number of rotatable bonds is 5. The predicted molar refractivity (Wildman–Crippen MR) is 93.6 cm³/mol. The van der Waals surface area contributed by atoms with Gasteiger partial charge in [0.15, 0.2) is 17.2 Å². The lowest BCUT2D eigenvalue weighted by Crippen LogP contribution is -2.33. The quantitative estimate of drug-likeness (QED) is 0.809. The normalized spacial score (nSPS) is 17.8. The molecule has 0 aliphatic carbocycles. The molecule has 1 aromatic heterocycles. The maximum absolute atomic E-state index is 12.6. The van der Waals surface area contributed by atoms with Crippen molar-refractivity contribution in [3.8, 4) is 17.2 Å². The lowest BCUT2D eigenvalue weighted by Gasteiger charge is -2.14. The number of H-pyrrole nitrogens is 1. The van der Waals surface area contributed by atoms with Crippen LogP contribution in [0.2, 0.25) is 0 Å². The number of carbonyl (C=O) groups excluding carboxylic acids is 2. The molecule has 2 aromatic rings. The summed E-state index contributed by atoms with van der Waals surface area (Å²) in [4.78, 5) is 25.9. The molecule has 4 rings (SSSR count). The lowest BCUT2D eigenvalue weighted by atomic mass is 10.1. The van der Waals surface area contributed by atoms with Gasteiger partial charge in [-0.3, -0.25) is 14.7 Å². The van der Waals surface area contributed by atoms with Gasteiger partial charge in [-0.1, -0.05) is 0 Å². The number of hydrogen-bond donors (Lipinski definition) is 2. The van der Waals surface area contributed by atoms with Crippen LogP contribution in [0.25, 0.3) is 0 Å². The number of hydrogen-bond acceptors (Lipinski definition) is 6. The summed E-state index contributed by atoms with van der Waals surface area (Å²) in [7, 11) is 1.60. The number of fused-ring (bicyclic) bond motifs is 1. The van der Waals surface area contributed by atoms with Crippen molar-refractivity contribution in [1.29, 1.82) is 0 Å². The summed E-state index contributed by atoms with van der Waals surface area (Å²) in [5, 5.41) is 9.53. The van der Waals surface area contributed by atoms with Crippen molar-refractivity contribution in [3.05, 3.63) is 35.7 Å². The third kappa shape index (κ3) is 3.53. The number of carbonyl (C=O) groups is 2. The number of benzene rings is 1. The molecule has 9 heteroatoms. The minimum Gasteiger partial charge on any atom is -0.487 e. The molecular formula is C18H20N4O5. The second-order valence-corrected chi connectivity index (χ2v) is 6.43. The van der Waals surface area contributed by atoms with Crippen molar-refractivity contribution in [2.24, 2.45) is 5.92 Å². The minimum absolute atomic E-state index is 0.0369. The predicted octanol–water partition coefficient (Wildman–Crippen LogP) is 0.925. The zero-order valence-electron chi connectivity index (χ0n) is 14.9. The van der Waals surface area contributed by atoms with Gasteiger partial charge in [0.05, 0.1) is 11.6 Å². The van der Waals surface area contributed by atoms with Crippen molar-refractivity contribution in [2.45, 2.75) is 13.0 Å². The van der Waals surface area contributed by atoms with Crippen LogP contribution < -0.4 is 19.5 Å². The fraction of sp³-hybridized carbons (Fsp3) is 0.389. The number of nitrogens with one attached hydrogen (secondary N) is 2. The number of aromatic nitrogens is 2. The van der Waals surface area contributed by atoms with Gasteiger partial charge in [-0.25, -0.2) is 0 Å². The Balaban J connectivity index is 1.34. The summed E-state index contributed by atoms with van der Waals surface area (Å²) in [6, 6.07) is 7.01. The first-order valence-corrected chi connectivity index (χ1v) is 8.71. The van der Waals surface area contributed by atoms with Crippen molar-refractivity contribution in [2.75, 3.05) is 26.9 Å². The lowest BCUT2D eigenvalue weighted by molar-refractivity contribution is -0.124. The van der Waals surface area contributed by atoms with Gasteiger partial charge >= 0.3 is 0 Å². The topological polar surface area (TPSA) is 106 Å². The highest BCUT2D eigenvalue weighted by atomic mass is 16.7. The Kier molecular flexibility index (Phi) is 4.57. The van der Waals surface area contributed by atoms with E-state index in [1.165, 1.54) is 0 Å². The van der Waals surface area contributed by atoms with Crippen LogP contribution in [-0.2, 0) is 11.4 Å². The van der Waals surface area contributed by atoms with E-state index in [4.69, 9.17) is 14.2 Å². The molecule has 2 aliphatic heterocycles. The van der Waals surface area contributed by atoms with Gasteiger partial charge in [0.2, 0.25) is 12.7 Å². The minimum atomic E-state index is -0.188. The van der Waals surface area contributed by atoms with Crippen molar-refractivity contribution < 1.29 is 23.8 Å². The molecule has 0 spiro atoms. The second kappa shape index (κ2) is 7.18.